The van der Waals surface area contributed by atoms with Gasteiger partial charge in [-0.3, -0.25) is 9.48 Å². The number of aromatic nitrogens is 2. The highest BCUT2D eigenvalue weighted by Crippen LogP contribution is 2.14. The number of nitrogens with zero attached hydrogens (tertiary/aromatic N) is 2. The summed E-state index contributed by atoms with van der Waals surface area (Å²) >= 11 is 0. The van der Waals surface area contributed by atoms with E-state index in [4.69, 9.17) is 0 Å². The fraction of sp³-hybridized carbons (Fsp3) is 0.333. The number of halogens is 1. The molecule has 0 N–H and O–H groups in total. The first-order chi connectivity index (χ1) is 9.02. The van der Waals surface area contributed by atoms with E-state index in [1.807, 2.05) is 13.8 Å². The van der Waals surface area contributed by atoms with Gasteiger partial charge in [0.05, 0.1) is 5.69 Å². The molecular weight excluding hydrogens is 243 g/mol. The summed E-state index contributed by atoms with van der Waals surface area (Å²) in [5, 5.41) is 4.39. The van der Waals surface area contributed by atoms with Gasteiger partial charge in [0.25, 0.3) is 0 Å². The van der Waals surface area contributed by atoms with Crippen LogP contribution in [0.3, 0.4) is 0 Å². The Hall–Kier alpha value is -1.97. The monoisotopic (exact) mass is 260 g/mol. The van der Waals surface area contributed by atoms with Gasteiger partial charge in [0, 0.05) is 11.3 Å². The highest BCUT2D eigenvalue weighted by Gasteiger charge is 2.13. The molecule has 0 radical (unpaired) electrons. The van der Waals surface area contributed by atoms with Crippen LogP contribution >= 0.6 is 0 Å². The lowest BCUT2D eigenvalue weighted by molar-refractivity contribution is 0.0966. The first kappa shape index (κ1) is 13.5. The number of rotatable bonds is 4. The van der Waals surface area contributed by atoms with E-state index < -0.39 is 0 Å². The molecule has 0 aliphatic carbocycles. The molecule has 0 saturated heterocycles. The van der Waals surface area contributed by atoms with Crippen molar-refractivity contribution in [2.24, 2.45) is 0 Å². The van der Waals surface area contributed by atoms with Gasteiger partial charge in [0.15, 0.2) is 5.78 Å². The average molecular weight is 260 g/mol. The topological polar surface area (TPSA) is 34.9 Å². The minimum atomic E-state index is -0.337. The molecular formula is C15H17FN2O. The summed E-state index contributed by atoms with van der Waals surface area (Å²) in [5.41, 5.74) is 3.68. The molecule has 0 aliphatic rings. The predicted molar refractivity (Wildman–Crippen MR) is 71.8 cm³/mol. The number of carbonyl (C=O) groups is 1. The van der Waals surface area contributed by atoms with E-state index in [2.05, 4.69) is 12.0 Å². The molecule has 0 aliphatic heterocycles. The summed E-state index contributed by atoms with van der Waals surface area (Å²) in [6, 6.07) is 5.60. The van der Waals surface area contributed by atoms with E-state index in [9.17, 15) is 9.18 Å². The van der Waals surface area contributed by atoms with Crippen LogP contribution in [-0.4, -0.2) is 15.6 Å². The zero-order valence-electron chi connectivity index (χ0n) is 11.4. The number of carbonyl (C=O) groups excluding carboxylic acids is 1. The predicted octanol–water partition coefficient (Wildman–Crippen LogP) is 3.08. The average Bonchev–Trinajstić information content (AvgIpc) is 2.64. The summed E-state index contributed by atoms with van der Waals surface area (Å²) in [6.07, 6.45) is 0.905. The van der Waals surface area contributed by atoms with Crippen molar-refractivity contribution < 1.29 is 9.18 Å². The Morgan fingerprint density at radius 3 is 2.42 bits per heavy atom. The Kier molecular flexibility index (Phi) is 3.79. The molecule has 0 bridgehead atoms. The highest BCUT2D eigenvalue weighted by molar-refractivity contribution is 5.95. The zero-order chi connectivity index (χ0) is 14.0. The molecule has 19 heavy (non-hydrogen) atoms. The van der Waals surface area contributed by atoms with E-state index in [1.165, 1.54) is 29.8 Å². The van der Waals surface area contributed by atoms with Crippen LogP contribution in [0.4, 0.5) is 4.39 Å². The van der Waals surface area contributed by atoms with Crippen molar-refractivity contribution in [3.05, 3.63) is 52.6 Å². The molecule has 4 heteroatoms. The standard InChI is InChI=1S/C15H17FN2O/c1-4-14-10(2)17-18(11(14)3)9-15(19)12-5-7-13(16)8-6-12/h5-8H,4,9H2,1-3H3. The SMILES string of the molecule is CCc1c(C)nn(CC(=O)c2ccc(F)cc2)c1C. The molecule has 100 valence electrons. The van der Waals surface area contributed by atoms with E-state index in [-0.39, 0.29) is 18.1 Å². The van der Waals surface area contributed by atoms with Crippen LogP contribution < -0.4 is 0 Å². The van der Waals surface area contributed by atoms with Crippen LogP contribution in [-0.2, 0) is 13.0 Å². The van der Waals surface area contributed by atoms with Crippen LogP contribution in [0.15, 0.2) is 24.3 Å². The van der Waals surface area contributed by atoms with Crippen molar-refractivity contribution in [3.63, 3.8) is 0 Å². The number of hydrogen-bond acceptors (Lipinski definition) is 2. The number of hydrogen-bond donors (Lipinski definition) is 0. The second kappa shape index (κ2) is 5.34. The fourth-order valence-electron chi connectivity index (χ4n) is 2.26. The van der Waals surface area contributed by atoms with E-state index in [1.54, 1.807) is 4.68 Å². The van der Waals surface area contributed by atoms with Gasteiger partial charge in [-0.15, -0.1) is 0 Å². The van der Waals surface area contributed by atoms with Crippen molar-refractivity contribution in [1.29, 1.82) is 0 Å². The molecule has 0 atom stereocenters. The Morgan fingerprint density at radius 1 is 1.26 bits per heavy atom. The van der Waals surface area contributed by atoms with E-state index in [0.29, 0.717) is 5.56 Å². The molecule has 0 saturated carbocycles. The van der Waals surface area contributed by atoms with Gasteiger partial charge in [-0.25, -0.2) is 4.39 Å². The van der Waals surface area contributed by atoms with Crippen LogP contribution in [0.1, 0.15) is 34.2 Å². The van der Waals surface area contributed by atoms with Gasteiger partial charge in [-0.1, -0.05) is 6.92 Å². The molecule has 0 unspecified atom stereocenters. The number of ketones is 1. The van der Waals surface area contributed by atoms with Crippen LogP contribution in [0.25, 0.3) is 0 Å². The minimum Gasteiger partial charge on any atom is -0.292 e. The van der Waals surface area contributed by atoms with Crippen LogP contribution in [0.5, 0.6) is 0 Å². The molecule has 2 rings (SSSR count). The highest BCUT2D eigenvalue weighted by atomic mass is 19.1. The largest absolute Gasteiger partial charge is 0.292 e. The molecule has 2 aromatic rings. The Morgan fingerprint density at radius 2 is 1.89 bits per heavy atom. The normalized spacial score (nSPS) is 10.7. The summed E-state index contributed by atoms with van der Waals surface area (Å²) in [6.45, 7) is 6.18. The lowest BCUT2D eigenvalue weighted by Gasteiger charge is -2.04. The molecule has 0 fully saturated rings. The van der Waals surface area contributed by atoms with E-state index >= 15 is 0 Å². The Bertz CT molecular complexity index is 599. The second-order valence-corrected chi connectivity index (χ2v) is 4.59. The van der Waals surface area contributed by atoms with Crippen molar-refractivity contribution in [2.45, 2.75) is 33.7 Å². The molecule has 0 spiro atoms. The maximum atomic E-state index is 12.8. The van der Waals surface area contributed by atoms with Gasteiger partial charge in [0.2, 0.25) is 0 Å². The Labute approximate surface area is 112 Å². The molecule has 1 heterocycles. The lowest BCUT2D eigenvalue weighted by atomic mass is 10.1. The van der Waals surface area contributed by atoms with Crippen molar-refractivity contribution in [1.82, 2.24) is 9.78 Å². The maximum absolute atomic E-state index is 12.8. The third-order valence-corrected chi connectivity index (χ3v) is 3.34. The smallest absolute Gasteiger partial charge is 0.184 e. The Balaban J connectivity index is 2.22. The summed E-state index contributed by atoms with van der Waals surface area (Å²) in [4.78, 5) is 12.1. The maximum Gasteiger partial charge on any atom is 0.184 e. The summed E-state index contributed by atoms with van der Waals surface area (Å²) < 4.78 is 14.5. The van der Waals surface area contributed by atoms with Gasteiger partial charge >= 0.3 is 0 Å². The van der Waals surface area contributed by atoms with E-state index in [0.717, 1.165) is 17.8 Å². The summed E-state index contributed by atoms with van der Waals surface area (Å²) in [5.74, 6) is -0.399. The zero-order valence-corrected chi connectivity index (χ0v) is 11.4. The van der Waals surface area contributed by atoms with Crippen molar-refractivity contribution >= 4 is 5.78 Å². The molecule has 1 aromatic carbocycles. The van der Waals surface area contributed by atoms with Crippen molar-refractivity contribution in [2.75, 3.05) is 0 Å². The number of benzene rings is 1. The quantitative estimate of drug-likeness (QED) is 0.792. The fourth-order valence-corrected chi connectivity index (χ4v) is 2.26. The number of Topliss-reactive ketones (excluding diaryl/α,β-unsaturated/α-hetero) is 1. The molecule has 3 nitrogen and oxygen atoms in total. The van der Waals surface area contributed by atoms with Crippen LogP contribution in [0, 0.1) is 19.7 Å². The van der Waals surface area contributed by atoms with Gasteiger partial charge in [-0.2, -0.15) is 5.10 Å². The summed E-state index contributed by atoms with van der Waals surface area (Å²) in [7, 11) is 0. The number of aryl methyl sites for hydroxylation is 1. The van der Waals surface area contributed by atoms with Gasteiger partial charge in [0.1, 0.15) is 12.4 Å². The van der Waals surface area contributed by atoms with Crippen molar-refractivity contribution in [3.8, 4) is 0 Å². The molecule has 1 aromatic heterocycles. The third-order valence-electron chi connectivity index (χ3n) is 3.34. The van der Waals surface area contributed by atoms with Gasteiger partial charge in [-0.05, 0) is 50.1 Å². The third kappa shape index (κ3) is 2.72. The van der Waals surface area contributed by atoms with Gasteiger partial charge < -0.3 is 0 Å². The first-order valence-corrected chi connectivity index (χ1v) is 6.34. The first-order valence-electron chi connectivity index (χ1n) is 6.34. The molecule has 0 amide bonds. The second-order valence-electron chi connectivity index (χ2n) is 4.59. The van der Waals surface area contributed by atoms with Crippen LogP contribution in [0.2, 0.25) is 0 Å². The minimum absolute atomic E-state index is 0.0618. The lowest BCUT2D eigenvalue weighted by Crippen LogP contribution is -2.13.